The Bertz CT molecular complexity index is 1710. The minimum Gasteiger partial charge on any atom is -0.466 e. The highest BCUT2D eigenvalue weighted by Gasteiger charge is 2.32. The molecule has 0 radical (unpaired) electrons. The number of nitro groups is 1. The number of allylic oxidation sites excluding steroid dienone is 1. The lowest BCUT2D eigenvalue weighted by atomic mass is 9.96. The standard InChI is InChI=1S/C26H20N4O5S/c1-16-22(25(32)35-2)23(17-8-4-3-5-9-17)29-24(31)21(36-26(29)27-16)15-19-12-7-13-28(19)18-10-6-11-20(14-18)30(33)34/h3-15,23H,1-2H3. The smallest absolute Gasteiger partial charge is 0.338 e. The van der Waals surface area contributed by atoms with Crippen molar-refractivity contribution < 1.29 is 14.5 Å². The fourth-order valence-electron chi connectivity index (χ4n) is 4.28. The van der Waals surface area contributed by atoms with Gasteiger partial charge in [-0.25, -0.2) is 9.79 Å². The summed E-state index contributed by atoms with van der Waals surface area (Å²) < 4.78 is 8.73. The number of methoxy groups -OCH3 is 1. The summed E-state index contributed by atoms with van der Waals surface area (Å²) in [4.78, 5) is 42.2. The van der Waals surface area contributed by atoms with Crippen molar-refractivity contribution in [2.24, 2.45) is 4.99 Å². The Labute approximate surface area is 208 Å². The summed E-state index contributed by atoms with van der Waals surface area (Å²) in [6.45, 7) is 1.73. The van der Waals surface area contributed by atoms with Gasteiger partial charge in [0.1, 0.15) is 0 Å². The molecule has 1 unspecified atom stereocenters. The number of rotatable bonds is 5. The van der Waals surface area contributed by atoms with Crippen LogP contribution in [0.25, 0.3) is 11.8 Å². The summed E-state index contributed by atoms with van der Waals surface area (Å²) in [6, 6.07) is 18.5. The summed E-state index contributed by atoms with van der Waals surface area (Å²) in [6.07, 6.45) is 3.50. The maximum absolute atomic E-state index is 13.7. The highest BCUT2D eigenvalue weighted by molar-refractivity contribution is 7.07. The second-order valence-electron chi connectivity index (χ2n) is 8.06. The predicted octanol–water partition coefficient (Wildman–Crippen LogP) is 3.11. The second-order valence-corrected chi connectivity index (χ2v) is 9.07. The van der Waals surface area contributed by atoms with Crippen LogP contribution in [0.15, 0.2) is 94.0 Å². The molecule has 1 aliphatic rings. The van der Waals surface area contributed by atoms with Crippen LogP contribution in [0.4, 0.5) is 5.69 Å². The number of nitro benzene ring substituents is 1. The SMILES string of the molecule is COC(=O)C1=C(C)N=c2sc(=Cc3cccn3-c3cccc([N+](=O)[O-])c3)c(=O)n2C1c1ccccc1. The van der Waals surface area contributed by atoms with Gasteiger partial charge in [0.05, 0.1) is 39.6 Å². The van der Waals surface area contributed by atoms with Crippen molar-refractivity contribution in [1.29, 1.82) is 0 Å². The molecule has 0 saturated heterocycles. The Hall–Kier alpha value is -4.57. The summed E-state index contributed by atoms with van der Waals surface area (Å²) in [5.74, 6) is -0.543. The molecule has 0 bridgehead atoms. The molecule has 4 aromatic rings. The van der Waals surface area contributed by atoms with Gasteiger partial charge in [-0.3, -0.25) is 19.5 Å². The highest BCUT2D eigenvalue weighted by atomic mass is 32.1. The Balaban J connectivity index is 1.69. The van der Waals surface area contributed by atoms with Crippen molar-refractivity contribution >= 4 is 29.1 Å². The lowest BCUT2D eigenvalue weighted by molar-refractivity contribution is -0.384. The molecule has 1 atom stereocenters. The molecule has 36 heavy (non-hydrogen) atoms. The summed E-state index contributed by atoms with van der Waals surface area (Å²) in [5.41, 5.74) is 2.50. The van der Waals surface area contributed by atoms with E-state index in [1.54, 1.807) is 42.0 Å². The molecule has 0 saturated carbocycles. The van der Waals surface area contributed by atoms with Gasteiger partial charge in [-0.1, -0.05) is 47.7 Å². The molecule has 1 aliphatic heterocycles. The maximum atomic E-state index is 13.7. The minimum atomic E-state index is -0.680. The first-order valence-electron chi connectivity index (χ1n) is 11.0. The monoisotopic (exact) mass is 500 g/mol. The second kappa shape index (κ2) is 9.23. The number of esters is 1. The Morgan fingerprint density at radius 3 is 2.64 bits per heavy atom. The molecule has 5 rings (SSSR count). The number of fused-ring (bicyclic) bond motifs is 1. The zero-order chi connectivity index (χ0) is 25.4. The number of non-ortho nitro benzene ring substituents is 1. The Kier molecular flexibility index (Phi) is 5.95. The van der Waals surface area contributed by atoms with Crippen molar-refractivity contribution in [3.63, 3.8) is 0 Å². The number of carbonyl (C=O) groups is 1. The Morgan fingerprint density at radius 2 is 1.92 bits per heavy atom. The third kappa shape index (κ3) is 3.97. The minimum absolute atomic E-state index is 0.0276. The zero-order valence-corrected chi connectivity index (χ0v) is 20.1. The highest BCUT2D eigenvalue weighted by Crippen LogP contribution is 2.30. The summed E-state index contributed by atoms with van der Waals surface area (Å²) >= 11 is 1.22. The van der Waals surface area contributed by atoms with Crippen molar-refractivity contribution in [2.75, 3.05) is 7.11 Å². The topological polar surface area (TPSA) is 109 Å². The van der Waals surface area contributed by atoms with Crippen LogP contribution in [0.5, 0.6) is 0 Å². The van der Waals surface area contributed by atoms with Gasteiger partial charge in [0.15, 0.2) is 4.80 Å². The zero-order valence-electron chi connectivity index (χ0n) is 19.3. The van der Waals surface area contributed by atoms with E-state index < -0.39 is 16.9 Å². The van der Waals surface area contributed by atoms with Gasteiger partial charge in [-0.05, 0) is 36.8 Å². The first kappa shape index (κ1) is 23.2. The number of hydrogen-bond acceptors (Lipinski definition) is 7. The number of benzene rings is 2. The number of thiazole rings is 1. The van der Waals surface area contributed by atoms with Gasteiger partial charge in [0.2, 0.25) is 0 Å². The fraction of sp³-hybridized carbons (Fsp3) is 0.115. The number of ether oxygens (including phenoxy) is 1. The van der Waals surface area contributed by atoms with E-state index in [0.29, 0.717) is 32.0 Å². The van der Waals surface area contributed by atoms with Crippen molar-refractivity contribution in [1.82, 2.24) is 9.13 Å². The Morgan fingerprint density at radius 1 is 1.14 bits per heavy atom. The first-order valence-corrected chi connectivity index (χ1v) is 11.8. The van der Waals surface area contributed by atoms with E-state index in [1.165, 1.54) is 35.1 Å². The predicted molar refractivity (Wildman–Crippen MR) is 135 cm³/mol. The van der Waals surface area contributed by atoms with E-state index in [-0.39, 0.29) is 11.2 Å². The van der Waals surface area contributed by atoms with Gasteiger partial charge >= 0.3 is 5.97 Å². The number of hydrogen-bond donors (Lipinski definition) is 0. The maximum Gasteiger partial charge on any atom is 0.338 e. The van der Waals surface area contributed by atoms with Crippen LogP contribution < -0.4 is 14.9 Å². The third-order valence-electron chi connectivity index (χ3n) is 5.92. The van der Waals surface area contributed by atoms with Crippen LogP contribution >= 0.6 is 11.3 Å². The molecule has 180 valence electrons. The van der Waals surface area contributed by atoms with Crippen LogP contribution in [0.2, 0.25) is 0 Å². The largest absolute Gasteiger partial charge is 0.466 e. The number of carbonyl (C=O) groups excluding carboxylic acids is 1. The van der Waals surface area contributed by atoms with Crippen molar-refractivity contribution in [3.05, 3.63) is 125 Å². The van der Waals surface area contributed by atoms with E-state index in [2.05, 4.69) is 4.99 Å². The van der Waals surface area contributed by atoms with E-state index in [4.69, 9.17) is 4.74 Å². The van der Waals surface area contributed by atoms with Gasteiger partial charge in [0.25, 0.3) is 11.2 Å². The molecule has 0 fully saturated rings. The molecule has 2 aromatic heterocycles. The van der Waals surface area contributed by atoms with E-state index >= 15 is 0 Å². The van der Waals surface area contributed by atoms with Crippen molar-refractivity contribution in [2.45, 2.75) is 13.0 Å². The molecule has 0 N–H and O–H groups in total. The number of nitrogens with zero attached hydrogens (tertiary/aromatic N) is 4. The van der Waals surface area contributed by atoms with E-state index in [1.807, 2.05) is 36.4 Å². The van der Waals surface area contributed by atoms with E-state index in [0.717, 1.165) is 5.56 Å². The van der Waals surface area contributed by atoms with Crippen molar-refractivity contribution in [3.8, 4) is 5.69 Å². The molecule has 9 nitrogen and oxygen atoms in total. The van der Waals surface area contributed by atoms with Crippen LogP contribution in [0.1, 0.15) is 24.2 Å². The normalized spacial score (nSPS) is 15.4. The van der Waals surface area contributed by atoms with Crippen LogP contribution in [-0.2, 0) is 9.53 Å². The molecule has 3 heterocycles. The molecule has 2 aromatic carbocycles. The van der Waals surface area contributed by atoms with Gasteiger partial charge in [-0.15, -0.1) is 0 Å². The summed E-state index contributed by atoms with van der Waals surface area (Å²) in [5, 5.41) is 11.2. The lowest BCUT2D eigenvalue weighted by Gasteiger charge is -2.24. The molecule has 0 spiro atoms. The number of aromatic nitrogens is 2. The third-order valence-corrected chi connectivity index (χ3v) is 6.90. The summed E-state index contributed by atoms with van der Waals surface area (Å²) in [7, 11) is 1.30. The molecular weight excluding hydrogens is 480 g/mol. The van der Waals surface area contributed by atoms with Crippen LogP contribution in [0.3, 0.4) is 0 Å². The molecule has 0 amide bonds. The average Bonchev–Trinajstić information content (AvgIpc) is 3.47. The van der Waals surface area contributed by atoms with Crippen LogP contribution in [-0.4, -0.2) is 27.1 Å². The quantitative estimate of drug-likeness (QED) is 0.238. The van der Waals surface area contributed by atoms with E-state index in [9.17, 15) is 19.7 Å². The van der Waals surface area contributed by atoms with Gasteiger partial charge in [-0.2, -0.15) is 0 Å². The van der Waals surface area contributed by atoms with Gasteiger partial charge in [0, 0.05) is 24.0 Å². The molecular formula is C26H20N4O5S. The fourth-order valence-corrected chi connectivity index (χ4v) is 5.31. The lowest BCUT2D eigenvalue weighted by Crippen LogP contribution is -2.39. The first-order chi connectivity index (χ1) is 17.4. The molecule has 0 aliphatic carbocycles. The molecule has 10 heteroatoms. The van der Waals surface area contributed by atoms with Gasteiger partial charge < -0.3 is 9.30 Å². The average molecular weight is 501 g/mol. The van der Waals surface area contributed by atoms with Crippen LogP contribution in [0, 0.1) is 10.1 Å².